The van der Waals surface area contributed by atoms with Crippen LogP contribution in [0.3, 0.4) is 0 Å². The third-order valence-electron chi connectivity index (χ3n) is 9.49. The van der Waals surface area contributed by atoms with Crippen molar-refractivity contribution in [2.45, 2.75) is 68.1 Å². The molecule has 1 saturated carbocycles. The van der Waals surface area contributed by atoms with Gasteiger partial charge in [0.05, 0.1) is 17.6 Å². The van der Waals surface area contributed by atoms with Gasteiger partial charge in [0.2, 0.25) is 5.91 Å². The molecule has 1 aromatic carbocycles. The minimum Gasteiger partial charge on any atom is -0.504 e. The molecule has 2 aromatic rings. The molecular weight excluding hydrogens is 442 g/mol. The Hall–Kier alpha value is -2.64. The van der Waals surface area contributed by atoms with E-state index in [0.717, 1.165) is 43.0 Å². The van der Waals surface area contributed by atoms with E-state index in [4.69, 9.17) is 4.74 Å². The zero-order valence-electron chi connectivity index (χ0n) is 20.0. The Morgan fingerprint density at radius 2 is 2.09 bits per heavy atom. The highest BCUT2D eigenvalue weighted by Gasteiger charge is 2.71. The summed E-state index contributed by atoms with van der Waals surface area (Å²) >= 11 is 0. The summed E-state index contributed by atoms with van der Waals surface area (Å²) in [6, 6.07) is 7.66. The first-order valence-corrected chi connectivity index (χ1v) is 13.1. The summed E-state index contributed by atoms with van der Waals surface area (Å²) in [6.45, 7) is 2.94. The summed E-state index contributed by atoms with van der Waals surface area (Å²) in [7, 11) is 0. The van der Waals surface area contributed by atoms with E-state index in [1.807, 2.05) is 29.3 Å². The predicted molar refractivity (Wildman–Crippen MR) is 129 cm³/mol. The molecule has 5 aliphatic rings. The van der Waals surface area contributed by atoms with Crippen molar-refractivity contribution in [1.29, 1.82) is 0 Å². The number of carbonyl (C=O) groups excluding carboxylic acids is 1. The topological polar surface area (TPSA) is 86.1 Å². The highest BCUT2D eigenvalue weighted by atomic mass is 16.5. The molecule has 35 heavy (non-hydrogen) atoms. The molecule has 0 radical (unpaired) electrons. The maximum absolute atomic E-state index is 13.4. The van der Waals surface area contributed by atoms with Crippen molar-refractivity contribution < 1.29 is 19.7 Å². The number of phenols is 1. The third kappa shape index (κ3) is 3.10. The first-order chi connectivity index (χ1) is 17.0. The van der Waals surface area contributed by atoms with E-state index in [1.54, 1.807) is 12.3 Å². The fourth-order valence-corrected chi connectivity index (χ4v) is 7.59. The number of rotatable bonds is 5. The summed E-state index contributed by atoms with van der Waals surface area (Å²) in [4.78, 5) is 22.0. The fourth-order valence-electron chi connectivity index (χ4n) is 7.59. The Kier molecular flexibility index (Phi) is 4.74. The van der Waals surface area contributed by atoms with Gasteiger partial charge in [-0.15, -0.1) is 0 Å². The molecule has 7 heteroatoms. The number of ether oxygens (including phenoxy) is 1. The zero-order valence-corrected chi connectivity index (χ0v) is 20.0. The third-order valence-corrected chi connectivity index (χ3v) is 9.49. The lowest BCUT2D eigenvalue weighted by Crippen LogP contribution is -2.74. The van der Waals surface area contributed by atoms with Crippen LogP contribution in [0.1, 0.15) is 48.8 Å². The Balaban J connectivity index is 1.24. The van der Waals surface area contributed by atoms with Gasteiger partial charge in [0.15, 0.2) is 11.5 Å². The van der Waals surface area contributed by atoms with Crippen LogP contribution in [0.4, 0.5) is 0 Å². The van der Waals surface area contributed by atoms with E-state index < -0.39 is 11.0 Å². The summed E-state index contributed by atoms with van der Waals surface area (Å²) in [6.07, 6.45) is 8.90. The highest BCUT2D eigenvalue weighted by molar-refractivity contribution is 5.77. The monoisotopic (exact) mass is 475 g/mol. The molecule has 184 valence electrons. The maximum atomic E-state index is 13.4. The van der Waals surface area contributed by atoms with Gasteiger partial charge < -0.3 is 19.8 Å². The van der Waals surface area contributed by atoms with E-state index >= 15 is 0 Å². The molecule has 1 amide bonds. The molecule has 1 aromatic heterocycles. The van der Waals surface area contributed by atoms with E-state index in [0.29, 0.717) is 38.1 Å². The van der Waals surface area contributed by atoms with E-state index in [-0.39, 0.29) is 23.8 Å². The number of aryl methyl sites for hydroxylation is 1. The van der Waals surface area contributed by atoms with E-state index in [1.165, 1.54) is 18.4 Å². The standard InChI is InChI=1S/C28H33N3O4/c32-21-7-6-20-14-22-28(34)10-13-31(24(33)8-5-18-2-1-11-29-15-18)17-23-27(28,25(20)26(21)35-23)9-12-30(22)16-19-3-4-19/h1-2,6-7,11,15,19,22-23,32,34H,3-5,8-10,12-14,16-17H2/t22-,23+,27-,28-/m1/s1. The van der Waals surface area contributed by atoms with Crippen molar-refractivity contribution in [3.8, 4) is 11.5 Å². The van der Waals surface area contributed by atoms with Gasteiger partial charge in [0.25, 0.3) is 0 Å². The number of phenolic OH excluding ortho intramolecular Hbond substituents is 1. The Bertz CT molecular complexity index is 1170. The minimum atomic E-state index is -0.991. The SMILES string of the molecule is O=C(CCc1cccnc1)N1CC[C@@]2(O)[C@H]3Cc4ccc(O)c5c4[C@@]2(CCN3CC2CC2)[C@H](C1)O5. The van der Waals surface area contributed by atoms with Gasteiger partial charge >= 0.3 is 0 Å². The number of nitrogens with zero attached hydrogens (tertiary/aromatic N) is 3. The van der Waals surface area contributed by atoms with Gasteiger partial charge in [-0.25, -0.2) is 0 Å². The largest absolute Gasteiger partial charge is 0.504 e. The van der Waals surface area contributed by atoms with Crippen LogP contribution in [0, 0.1) is 5.92 Å². The van der Waals surface area contributed by atoms with Crippen molar-refractivity contribution in [2.75, 3.05) is 26.2 Å². The normalized spacial score (nSPS) is 33.1. The van der Waals surface area contributed by atoms with Crippen LogP contribution in [0.5, 0.6) is 11.5 Å². The lowest BCUT2D eigenvalue weighted by Gasteiger charge is -2.60. The summed E-state index contributed by atoms with van der Waals surface area (Å²) in [5, 5.41) is 23.4. The molecule has 2 aliphatic carbocycles. The first kappa shape index (κ1) is 21.6. The molecule has 3 aliphatic heterocycles. The molecule has 0 unspecified atom stereocenters. The van der Waals surface area contributed by atoms with Gasteiger partial charge in [0.1, 0.15) is 6.10 Å². The molecule has 2 bridgehead atoms. The second-order valence-electron chi connectivity index (χ2n) is 11.3. The first-order valence-electron chi connectivity index (χ1n) is 13.1. The quantitative estimate of drug-likeness (QED) is 0.691. The molecule has 1 spiro atoms. The second-order valence-corrected chi connectivity index (χ2v) is 11.3. The minimum absolute atomic E-state index is 0.0105. The van der Waals surface area contributed by atoms with Gasteiger partial charge in [-0.1, -0.05) is 12.1 Å². The molecule has 4 atom stereocenters. The van der Waals surface area contributed by atoms with Crippen molar-refractivity contribution in [3.05, 3.63) is 53.3 Å². The van der Waals surface area contributed by atoms with E-state index in [2.05, 4.69) is 9.88 Å². The lowest BCUT2D eigenvalue weighted by molar-refractivity contribution is -0.162. The summed E-state index contributed by atoms with van der Waals surface area (Å²) < 4.78 is 6.49. The molecule has 4 heterocycles. The van der Waals surface area contributed by atoms with Crippen LogP contribution >= 0.6 is 0 Å². The Morgan fingerprint density at radius 1 is 1.20 bits per heavy atom. The van der Waals surface area contributed by atoms with Crippen LogP contribution in [-0.2, 0) is 23.1 Å². The van der Waals surface area contributed by atoms with E-state index in [9.17, 15) is 15.0 Å². The number of aromatic hydroxyl groups is 1. The zero-order chi connectivity index (χ0) is 23.8. The average Bonchev–Trinajstić information content (AvgIpc) is 3.63. The van der Waals surface area contributed by atoms with Crippen LogP contribution < -0.4 is 4.74 Å². The number of hydrogen-bond acceptors (Lipinski definition) is 6. The summed E-state index contributed by atoms with van der Waals surface area (Å²) in [5.74, 6) is 1.50. The Morgan fingerprint density at radius 3 is 2.89 bits per heavy atom. The van der Waals surface area contributed by atoms with Crippen LogP contribution in [-0.4, -0.2) is 74.8 Å². The van der Waals surface area contributed by atoms with Crippen molar-refractivity contribution in [1.82, 2.24) is 14.8 Å². The molecule has 7 rings (SSSR count). The number of aliphatic hydroxyl groups is 1. The van der Waals surface area contributed by atoms with Crippen LogP contribution in [0.25, 0.3) is 0 Å². The van der Waals surface area contributed by atoms with Crippen LogP contribution in [0.2, 0.25) is 0 Å². The number of piperidine rings is 1. The van der Waals surface area contributed by atoms with Crippen molar-refractivity contribution >= 4 is 5.91 Å². The maximum Gasteiger partial charge on any atom is 0.223 e. The Labute approximate surface area is 205 Å². The average molecular weight is 476 g/mol. The number of likely N-dealkylation sites (tertiary alicyclic amines) is 2. The molecule has 2 N–H and O–H groups in total. The highest BCUT2D eigenvalue weighted by Crippen LogP contribution is 2.63. The van der Waals surface area contributed by atoms with Gasteiger partial charge in [-0.05, 0) is 74.2 Å². The van der Waals surface area contributed by atoms with Gasteiger partial charge in [0, 0.05) is 43.5 Å². The van der Waals surface area contributed by atoms with Crippen molar-refractivity contribution in [3.63, 3.8) is 0 Å². The molecule has 7 nitrogen and oxygen atoms in total. The number of hydrogen-bond donors (Lipinski definition) is 2. The fraction of sp³-hybridized carbons (Fsp3) is 0.571. The summed E-state index contributed by atoms with van der Waals surface area (Å²) in [5.41, 5.74) is 1.67. The molecular formula is C28H33N3O4. The predicted octanol–water partition coefficient (Wildman–Crippen LogP) is 2.42. The molecule has 3 fully saturated rings. The number of pyridine rings is 1. The van der Waals surface area contributed by atoms with Gasteiger partial charge in [-0.2, -0.15) is 0 Å². The van der Waals surface area contributed by atoms with Crippen molar-refractivity contribution in [2.24, 2.45) is 5.92 Å². The van der Waals surface area contributed by atoms with Gasteiger partial charge in [-0.3, -0.25) is 14.7 Å². The number of carbonyl (C=O) groups is 1. The smallest absolute Gasteiger partial charge is 0.223 e. The molecule has 2 saturated heterocycles. The lowest BCUT2D eigenvalue weighted by atomic mass is 9.52. The number of aromatic nitrogens is 1. The number of benzene rings is 1. The second kappa shape index (κ2) is 7.68. The number of amides is 1. The van der Waals surface area contributed by atoms with Crippen LogP contribution in [0.15, 0.2) is 36.7 Å².